The topological polar surface area (TPSA) is 66.7 Å². The van der Waals surface area contributed by atoms with Gasteiger partial charge in [0, 0.05) is 6.26 Å². The Morgan fingerprint density at radius 3 is 2.13 bits per heavy atom. The van der Waals surface area contributed by atoms with Crippen LogP contribution < -0.4 is 0 Å². The molecule has 1 rings (SSSR count). The van der Waals surface area contributed by atoms with Crippen LogP contribution >= 0.6 is 0 Å². The van der Waals surface area contributed by atoms with Gasteiger partial charge in [0.05, 0.1) is 5.56 Å². The molecule has 0 spiro atoms. The maximum Gasteiger partial charge on any atom is 0.206 e. The lowest BCUT2D eigenvalue weighted by Gasteiger charge is -2.04. The normalized spacial score (nSPS) is 12.9. The van der Waals surface area contributed by atoms with Crippen LogP contribution in [-0.4, -0.2) is 24.9 Å². The van der Waals surface area contributed by atoms with E-state index in [0.29, 0.717) is 6.26 Å². The monoisotopic (exact) mass is 235 g/mol. The lowest BCUT2D eigenvalue weighted by Crippen LogP contribution is -2.17. The van der Waals surface area contributed by atoms with Crippen LogP contribution in [0.3, 0.4) is 0 Å². The number of nitrogens with zero attached hydrogens (tertiary/aromatic N) is 1. The number of oxime groups is 1. The molecule has 0 radical (unpaired) electrons. The number of halogens is 2. The van der Waals surface area contributed by atoms with Gasteiger partial charge in [0.25, 0.3) is 0 Å². The second-order valence-electron chi connectivity index (χ2n) is 2.77. The fourth-order valence-electron chi connectivity index (χ4n) is 1.01. The van der Waals surface area contributed by atoms with Crippen molar-refractivity contribution in [2.24, 2.45) is 5.16 Å². The Bertz CT molecular complexity index is 490. The van der Waals surface area contributed by atoms with Gasteiger partial charge in [0.15, 0.2) is 9.84 Å². The van der Waals surface area contributed by atoms with Gasteiger partial charge in [-0.3, -0.25) is 0 Å². The van der Waals surface area contributed by atoms with E-state index in [-0.39, 0.29) is 0 Å². The third-order valence-corrected chi connectivity index (χ3v) is 2.61. The molecule has 0 saturated carbocycles. The quantitative estimate of drug-likeness (QED) is 0.343. The van der Waals surface area contributed by atoms with E-state index in [4.69, 9.17) is 5.21 Å². The van der Waals surface area contributed by atoms with Crippen LogP contribution in [0.1, 0.15) is 5.56 Å². The van der Waals surface area contributed by atoms with E-state index in [2.05, 4.69) is 5.16 Å². The highest BCUT2D eigenvalue weighted by Gasteiger charge is 2.24. The Morgan fingerprint density at radius 2 is 1.80 bits per heavy atom. The second kappa shape index (κ2) is 3.93. The lowest BCUT2D eigenvalue weighted by atomic mass is 10.2. The third-order valence-electron chi connectivity index (χ3n) is 1.62. The average molecular weight is 235 g/mol. The number of rotatable bonds is 1. The summed E-state index contributed by atoms with van der Waals surface area (Å²) in [6.45, 7) is 0. The molecule has 15 heavy (non-hydrogen) atoms. The summed E-state index contributed by atoms with van der Waals surface area (Å²) >= 11 is 0. The molecule has 1 aromatic rings. The van der Waals surface area contributed by atoms with Crippen molar-refractivity contribution in [2.45, 2.75) is 0 Å². The SMILES string of the molecule is CS(=O)(=O)C(=NO)c1c(F)cccc1F. The van der Waals surface area contributed by atoms with Crippen molar-refractivity contribution in [3.8, 4) is 0 Å². The first kappa shape index (κ1) is 11.6. The first-order valence-corrected chi connectivity index (χ1v) is 5.63. The summed E-state index contributed by atoms with van der Waals surface area (Å²) in [4.78, 5) is 0. The first-order valence-electron chi connectivity index (χ1n) is 3.74. The number of hydrogen-bond acceptors (Lipinski definition) is 4. The van der Waals surface area contributed by atoms with E-state index in [1.807, 2.05) is 0 Å². The zero-order valence-electron chi connectivity index (χ0n) is 7.61. The summed E-state index contributed by atoms with van der Waals surface area (Å²) in [5.74, 6) is -2.21. The molecule has 0 bridgehead atoms. The predicted molar refractivity (Wildman–Crippen MR) is 49.5 cm³/mol. The van der Waals surface area contributed by atoms with Crippen LogP contribution in [-0.2, 0) is 9.84 Å². The summed E-state index contributed by atoms with van der Waals surface area (Å²) in [6, 6.07) is 2.81. The summed E-state index contributed by atoms with van der Waals surface area (Å²) in [6.07, 6.45) is 0.688. The van der Waals surface area contributed by atoms with Crippen LogP contribution in [0.5, 0.6) is 0 Å². The van der Waals surface area contributed by atoms with E-state index < -0.39 is 32.1 Å². The van der Waals surface area contributed by atoms with Gasteiger partial charge in [-0.2, -0.15) is 0 Å². The zero-order valence-corrected chi connectivity index (χ0v) is 8.42. The Balaban J connectivity index is 3.52. The Kier molecular flexibility index (Phi) is 3.04. The number of benzene rings is 1. The van der Waals surface area contributed by atoms with Crippen molar-refractivity contribution in [1.82, 2.24) is 0 Å². The largest absolute Gasteiger partial charge is 0.410 e. The lowest BCUT2D eigenvalue weighted by molar-refractivity contribution is 0.320. The van der Waals surface area contributed by atoms with Gasteiger partial charge >= 0.3 is 0 Å². The summed E-state index contributed by atoms with van der Waals surface area (Å²) in [7, 11) is -3.99. The van der Waals surface area contributed by atoms with Crippen molar-refractivity contribution < 1.29 is 22.4 Å². The fraction of sp³-hybridized carbons (Fsp3) is 0.125. The van der Waals surface area contributed by atoms with Gasteiger partial charge in [-0.05, 0) is 12.1 Å². The molecule has 0 aliphatic heterocycles. The Morgan fingerprint density at radius 1 is 1.33 bits per heavy atom. The van der Waals surface area contributed by atoms with Gasteiger partial charge in [-0.25, -0.2) is 17.2 Å². The highest BCUT2D eigenvalue weighted by Crippen LogP contribution is 2.15. The molecule has 0 fully saturated rings. The minimum Gasteiger partial charge on any atom is -0.410 e. The molecule has 4 nitrogen and oxygen atoms in total. The van der Waals surface area contributed by atoms with Gasteiger partial charge in [-0.1, -0.05) is 11.2 Å². The Labute approximate surface area is 84.8 Å². The van der Waals surface area contributed by atoms with Crippen LogP contribution in [0.4, 0.5) is 8.78 Å². The standard InChI is InChI=1S/C8H7F2NO3S/c1-15(13,14)8(11-12)7-5(9)3-2-4-6(7)10/h2-4,12H,1H3. The smallest absolute Gasteiger partial charge is 0.206 e. The van der Waals surface area contributed by atoms with Gasteiger partial charge < -0.3 is 5.21 Å². The van der Waals surface area contributed by atoms with E-state index in [0.717, 1.165) is 18.2 Å². The highest BCUT2D eigenvalue weighted by atomic mass is 32.2. The van der Waals surface area contributed by atoms with Crippen molar-refractivity contribution >= 4 is 14.9 Å². The second-order valence-corrected chi connectivity index (χ2v) is 4.71. The number of hydrogen-bond donors (Lipinski definition) is 1. The molecule has 0 atom stereocenters. The van der Waals surface area contributed by atoms with Gasteiger partial charge in [0.2, 0.25) is 5.04 Å². The highest BCUT2D eigenvalue weighted by molar-refractivity contribution is 8.06. The van der Waals surface area contributed by atoms with Crippen LogP contribution in [0.15, 0.2) is 23.4 Å². The Hall–Kier alpha value is -1.50. The van der Waals surface area contributed by atoms with Crippen molar-refractivity contribution in [2.75, 3.05) is 6.26 Å². The molecule has 1 aromatic carbocycles. The molecule has 0 unspecified atom stereocenters. The molecule has 0 aliphatic rings. The van der Waals surface area contributed by atoms with Gasteiger partial charge in [0.1, 0.15) is 11.6 Å². The van der Waals surface area contributed by atoms with Crippen molar-refractivity contribution in [1.29, 1.82) is 0 Å². The van der Waals surface area contributed by atoms with Crippen LogP contribution in [0.2, 0.25) is 0 Å². The van der Waals surface area contributed by atoms with Gasteiger partial charge in [-0.15, -0.1) is 0 Å². The fourth-order valence-corrected chi connectivity index (χ4v) is 1.73. The summed E-state index contributed by atoms with van der Waals surface area (Å²) in [5, 5.41) is 9.81. The zero-order chi connectivity index (χ0) is 11.6. The summed E-state index contributed by atoms with van der Waals surface area (Å²) < 4.78 is 48.3. The third kappa shape index (κ3) is 2.30. The molecular formula is C8H7F2NO3S. The molecule has 0 aliphatic carbocycles. The molecule has 82 valence electrons. The van der Waals surface area contributed by atoms with E-state index in [1.54, 1.807) is 0 Å². The molecule has 0 amide bonds. The number of sulfone groups is 1. The van der Waals surface area contributed by atoms with E-state index >= 15 is 0 Å². The first-order chi connectivity index (χ1) is 6.88. The van der Waals surface area contributed by atoms with Crippen molar-refractivity contribution in [3.05, 3.63) is 35.4 Å². The average Bonchev–Trinajstić information content (AvgIpc) is 2.09. The van der Waals surface area contributed by atoms with Crippen LogP contribution in [0.25, 0.3) is 0 Å². The molecule has 0 aromatic heterocycles. The maximum absolute atomic E-state index is 13.1. The molecule has 1 N–H and O–H groups in total. The van der Waals surface area contributed by atoms with Crippen LogP contribution in [0, 0.1) is 11.6 Å². The molecule has 7 heteroatoms. The summed E-state index contributed by atoms with van der Waals surface area (Å²) in [5.41, 5.74) is -0.859. The molecule has 0 saturated heterocycles. The molecule has 0 heterocycles. The maximum atomic E-state index is 13.1. The molecular weight excluding hydrogens is 228 g/mol. The minimum atomic E-state index is -3.99. The van der Waals surface area contributed by atoms with E-state index in [9.17, 15) is 17.2 Å². The minimum absolute atomic E-state index is 0.688. The van der Waals surface area contributed by atoms with E-state index in [1.165, 1.54) is 0 Å². The van der Waals surface area contributed by atoms with Crippen molar-refractivity contribution in [3.63, 3.8) is 0 Å². The predicted octanol–water partition coefficient (Wildman–Crippen LogP) is 1.15.